The fraction of sp³-hybridized carbons (Fsp3) is 0.611. The van der Waals surface area contributed by atoms with Crippen LogP contribution in [0.2, 0.25) is 0 Å². The summed E-state index contributed by atoms with van der Waals surface area (Å²) in [5.41, 5.74) is 0.975. The summed E-state index contributed by atoms with van der Waals surface area (Å²) in [4.78, 5) is 12.0. The van der Waals surface area contributed by atoms with Gasteiger partial charge in [0, 0.05) is 12.1 Å². The lowest BCUT2D eigenvalue weighted by molar-refractivity contribution is 0.0636. The maximum absolute atomic E-state index is 12.0. The SMILES string of the molecule is CCC(Nc1cc(OC)ccc1NC(=O)OC(C)(C)C)C(C)C. The van der Waals surface area contributed by atoms with E-state index < -0.39 is 11.7 Å². The van der Waals surface area contributed by atoms with Gasteiger partial charge in [0.1, 0.15) is 11.4 Å². The van der Waals surface area contributed by atoms with Gasteiger partial charge in [-0.3, -0.25) is 5.32 Å². The van der Waals surface area contributed by atoms with E-state index in [0.717, 1.165) is 17.9 Å². The molecule has 0 spiro atoms. The van der Waals surface area contributed by atoms with E-state index in [1.807, 2.05) is 39.0 Å². The van der Waals surface area contributed by atoms with Crippen molar-refractivity contribution in [3.05, 3.63) is 18.2 Å². The zero-order chi connectivity index (χ0) is 17.6. The number of benzene rings is 1. The minimum Gasteiger partial charge on any atom is -0.497 e. The van der Waals surface area contributed by atoms with Crippen molar-refractivity contribution < 1.29 is 14.3 Å². The van der Waals surface area contributed by atoms with Crippen molar-refractivity contribution in [3.8, 4) is 5.75 Å². The molecule has 1 atom stereocenters. The molecule has 1 unspecified atom stereocenters. The largest absolute Gasteiger partial charge is 0.497 e. The molecule has 130 valence electrons. The Morgan fingerprint density at radius 2 is 1.87 bits per heavy atom. The topological polar surface area (TPSA) is 59.6 Å². The van der Waals surface area contributed by atoms with E-state index in [0.29, 0.717) is 17.6 Å². The van der Waals surface area contributed by atoms with Crippen molar-refractivity contribution in [2.75, 3.05) is 17.7 Å². The molecule has 0 aromatic heterocycles. The molecule has 0 heterocycles. The molecular formula is C18H30N2O3. The number of rotatable bonds is 6. The summed E-state index contributed by atoms with van der Waals surface area (Å²) in [6, 6.07) is 5.82. The van der Waals surface area contributed by atoms with Gasteiger partial charge in [-0.1, -0.05) is 20.8 Å². The molecule has 0 aliphatic heterocycles. The highest BCUT2D eigenvalue weighted by Crippen LogP contribution is 2.29. The zero-order valence-corrected chi connectivity index (χ0v) is 15.3. The van der Waals surface area contributed by atoms with Crippen molar-refractivity contribution in [1.82, 2.24) is 0 Å². The molecule has 0 aliphatic rings. The third kappa shape index (κ3) is 6.38. The predicted octanol–water partition coefficient (Wildman–Crippen LogP) is 4.89. The number of nitrogens with one attached hydrogen (secondary N) is 2. The molecule has 0 fully saturated rings. The van der Waals surface area contributed by atoms with Crippen molar-refractivity contribution in [1.29, 1.82) is 0 Å². The van der Waals surface area contributed by atoms with Crippen LogP contribution in [-0.2, 0) is 4.74 Å². The lowest BCUT2D eigenvalue weighted by Crippen LogP contribution is -2.28. The Balaban J connectivity index is 2.99. The van der Waals surface area contributed by atoms with Crippen LogP contribution in [0.3, 0.4) is 0 Å². The molecule has 0 saturated heterocycles. The Hall–Kier alpha value is -1.91. The second kappa shape index (κ2) is 8.09. The number of amides is 1. The molecular weight excluding hydrogens is 292 g/mol. The summed E-state index contributed by atoms with van der Waals surface area (Å²) in [5.74, 6) is 1.21. The van der Waals surface area contributed by atoms with Gasteiger partial charge in [0.2, 0.25) is 0 Å². The maximum atomic E-state index is 12.0. The molecule has 1 aromatic carbocycles. The van der Waals surface area contributed by atoms with Gasteiger partial charge in [0.05, 0.1) is 18.5 Å². The van der Waals surface area contributed by atoms with Gasteiger partial charge in [-0.2, -0.15) is 0 Å². The van der Waals surface area contributed by atoms with Crippen LogP contribution in [0.25, 0.3) is 0 Å². The van der Waals surface area contributed by atoms with Crippen LogP contribution in [0, 0.1) is 5.92 Å². The molecule has 0 bridgehead atoms. The van der Waals surface area contributed by atoms with Crippen molar-refractivity contribution in [3.63, 3.8) is 0 Å². The van der Waals surface area contributed by atoms with Crippen molar-refractivity contribution in [2.24, 2.45) is 5.92 Å². The monoisotopic (exact) mass is 322 g/mol. The molecule has 0 saturated carbocycles. The first-order valence-corrected chi connectivity index (χ1v) is 8.10. The van der Waals surface area contributed by atoms with E-state index in [-0.39, 0.29) is 0 Å². The second-order valence-corrected chi connectivity index (χ2v) is 6.94. The van der Waals surface area contributed by atoms with E-state index in [4.69, 9.17) is 9.47 Å². The van der Waals surface area contributed by atoms with Gasteiger partial charge in [0.15, 0.2) is 0 Å². The maximum Gasteiger partial charge on any atom is 0.412 e. The molecule has 23 heavy (non-hydrogen) atoms. The van der Waals surface area contributed by atoms with Gasteiger partial charge in [-0.15, -0.1) is 0 Å². The fourth-order valence-corrected chi connectivity index (χ4v) is 2.23. The van der Waals surface area contributed by atoms with Gasteiger partial charge in [-0.05, 0) is 45.2 Å². The molecule has 5 heteroatoms. The van der Waals surface area contributed by atoms with Crippen LogP contribution in [-0.4, -0.2) is 24.8 Å². The quantitative estimate of drug-likeness (QED) is 0.783. The van der Waals surface area contributed by atoms with Crippen LogP contribution in [0.5, 0.6) is 5.75 Å². The fourth-order valence-electron chi connectivity index (χ4n) is 2.23. The van der Waals surface area contributed by atoms with Crippen LogP contribution < -0.4 is 15.4 Å². The van der Waals surface area contributed by atoms with Crippen LogP contribution in [0.4, 0.5) is 16.2 Å². The number of hydrogen-bond acceptors (Lipinski definition) is 4. The summed E-state index contributed by atoms with van der Waals surface area (Å²) in [6.07, 6.45) is 0.518. The smallest absolute Gasteiger partial charge is 0.412 e. The molecule has 0 aliphatic carbocycles. The van der Waals surface area contributed by atoms with Gasteiger partial charge in [-0.25, -0.2) is 4.79 Å². The van der Waals surface area contributed by atoms with Gasteiger partial charge < -0.3 is 14.8 Å². The summed E-state index contributed by atoms with van der Waals surface area (Å²) in [6.45, 7) is 12.0. The first-order chi connectivity index (χ1) is 10.7. The number of carbonyl (C=O) groups excluding carboxylic acids is 1. The summed E-state index contributed by atoms with van der Waals surface area (Å²) in [7, 11) is 1.62. The number of anilines is 2. The Kier molecular flexibility index (Phi) is 6.73. The van der Waals surface area contributed by atoms with E-state index in [1.54, 1.807) is 7.11 Å². The summed E-state index contributed by atoms with van der Waals surface area (Å²) < 4.78 is 10.6. The third-order valence-electron chi connectivity index (χ3n) is 3.45. The summed E-state index contributed by atoms with van der Waals surface area (Å²) >= 11 is 0. The first-order valence-electron chi connectivity index (χ1n) is 8.10. The predicted molar refractivity (Wildman–Crippen MR) is 95.4 cm³/mol. The Bertz CT molecular complexity index is 521. The number of hydrogen-bond donors (Lipinski definition) is 2. The van der Waals surface area contributed by atoms with Crippen molar-refractivity contribution >= 4 is 17.5 Å². The molecule has 0 radical (unpaired) electrons. The van der Waals surface area contributed by atoms with Crippen molar-refractivity contribution in [2.45, 2.75) is 59.6 Å². The van der Waals surface area contributed by atoms with Crippen LogP contribution >= 0.6 is 0 Å². The third-order valence-corrected chi connectivity index (χ3v) is 3.45. The average Bonchev–Trinajstić information content (AvgIpc) is 2.43. The van der Waals surface area contributed by atoms with Gasteiger partial charge in [0.25, 0.3) is 0 Å². The second-order valence-electron chi connectivity index (χ2n) is 6.94. The number of ether oxygens (including phenoxy) is 2. The number of carbonyl (C=O) groups is 1. The zero-order valence-electron chi connectivity index (χ0n) is 15.3. The molecule has 2 N–H and O–H groups in total. The van der Waals surface area contributed by atoms with E-state index in [9.17, 15) is 4.79 Å². The lowest BCUT2D eigenvalue weighted by Gasteiger charge is -2.25. The highest BCUT2D eigenvalue weighted by Gasteiger charge is 2.19. The van der Waals surface area contributed by atoms with Crippen LogP contribution in [0.15, 0.2) is 18.2 Å². The summed E-state index contributed by atoms with van der Waals surface area (Å²) in [5, 5.41) is 6.30. The normalized spacial score (nSPS) is 12.7. The van der Waals surface area contributed by atoms with E-state index in [2.05, 4.69) is 31.4 Å². The Labute approximate surface area is 139 Å². The molecule has 1 amide bonds. The standard InChI is InChI=1S/C18H30N2O3/c1-8-14(12(2)3)19-16-11-13(22-7)9-10-15(16)20-17(21)23-18(4,5)6/h9-12,14,19H,8H2,1-7H3,(H,20,21). The molecule has 1 rings (SSSR count). The lowest BCUT2D eigenvalue weighted by atomic mass is 10.0. The first kappa shape index (κ1) is 19.1. The average molecular weight is 322 g/mol. The number of methoxy groups -OCH3 is 1. The minimum absolute atomic E-state index is 0.307. The molecule has 1 aromatic rings. The highest BCUT2D eigenvalue weighted by atomic mass is 16.6. The van der Waals surface area contributed by atoms with E-state index in [1.165, 1.54) is 0 Å². The van der Waals surface area contributed by atoms with E-state index >= 15 is 0 Å². The van der Waals surface area contributed by atoms with Crippen LogP contribution in [0.1, 0.15) is 48.0 Å². The highest BCUT2D eigenvalue weighted by molar-refractivity contribution is 5.90. The Morgan fingerprint density at radius 3 is 2.35 bits per heavy atom. The Morgan fingerprint density at radius 1 is 1.22 bits per heavy atom. The van der Waals surface area contributed by atoms with Gasteiger partial charge >= 0.3 is 6.09 Å². The minimum atomic E-state index is -0.534. The molecule has 5 nitrogen and oxygen atoms in total.